The summed E-state index contributed by atoms with van der Waals surface area (Å²) in [6.07, 6.45) is 11.7. The molecule has 0 radical (unpaired) electrons. The van der Waals surface area contributed by atoms with Gasteiger partial charge in [-0.1, -0.05) is 24.3 Å². The van der Waals surface area contributed by atoms with Crippen LogP contribution in [0.5, 0.6) is 11.8 Å². The number of isocyanates is 1. The van der Waals surface area contributed by atoms with Gasteiger partial charge in [0.15, 0.2) is 0 Å². The molecule has 0 amide bonds. The van der Waals surface area contributed by atoms with Gasteiger partial charge in [-0.3, -0.25) is 0 Å². The van der Waals surface area contributed by atoms with Gasteiger partial charge in [0.2, 0.25) is 17.8 Å². The number of aliphatic imine (C=N–C) groups is 1. The summed E-state index contributed by atoms with van der Waals surface area (Å²) in [5, 5.41) is 0. The molecule has 6 rings (SSSR count). The number of hydrogen-bond donors (Lipinski definition) is 1. The molecule has 7 nitrogen and oxygen atoms in total. The molecule has 2 aliphatic carbocycles. The first-order valence-corrected chi connectivity index (χ1v) is 12.8. The van der Waals surface area contributed by atoms with Crippen molar-refractivity contribution in [2.75, 3.05) is 20.0 Å². The Balaban J connectivity index is 0.000000156. The Morgan fingerprint density at radius 3 is 1.92 bits per heavy atom. The third kappa shape index (κ3) is 5.01. The van der Waals surface area contributed by atoms with Crippen LogP contribution in [0.2, 0.25) is 0 Å². The lowest BCUT2D eigenvalue weighted by Gasteiger charge is -2.11. The first kappa shape index (κ1) is 25.2. The predicted octanol–water partition coefficient (Wildman–Crippen LogP) is 6.04. The number of fused-ring (bicyclic) bond motifs is 2. The molecule has 0 fully saturated rings. The van der Waals surface area contributed by atoms with Crippen LogP contribution in [-0.2, 0) is 30.5 Å². The van der Waals surface area contributed by atoms with E-state index in [4.69, 9.17) is 15.2 Å². The third-order valence-corrected chi connectivity index (χ3v) is 7.25. The SMILES string of the molecule is COc1cc(-c2ccc3c(c2N)CCC3)ccn1.COc1cc(-c2ccc3c(c2N=C=O)CCC3)ccn1. The van der Waals surface area contributed by atoms with E-state index in [0.717, 1.165) is 65.7 Å². The maximum Gasteiger partial charge on any atom is 0.240 e. The minimum Gasteiger partial charge on any atom is -0.481 e. The molecular formula is C31H30N4O3. The zero-order valence-corrected chi connectivity index (χ0v) is 21.7. The fourth-order valence-electron chi connectivity index (χ4n) is 5.38. The van der Waals surface area contributed by atoms with Crippen LogP contribution < -0.4 is 15.2 Å². The van der Waals surface area contributed by atoms with Crippen LogP contribution in [0.3, 0.4) is 0 Å². The highest BCUT2D eigenvalue weighted by atomic mass is 16.5. The number of aromatic nitrogens is 2. The van der Waals surface area contributed by atoms with Gasteiger partial charge in [0.05, 0.1) is 19.9 Å². The quantitative estimate of drug-likeness (QED) is 0.201. The highest BCUT2D eigenvalue weighted by Gasteiger charge is 2.19. The second-order valence-corrected chi connectivity index (χ2v) is 9.35. The van der Waals surface area contributed by atoms with Gasteiger partial charge in [0.25, 0.3) is 0 Å². The molecule has 0 bridgehead atoms. The summed E-state index contributed by atoms with van der Waals surface area (Å²) in [5.41, 5.74) is 17.1. The lowest BCUT2D eigenvalue weighted by Crippen LogP contribution is -1.97. The molecule has 2 aromatic heterocycles. The molecule has 2 aliphatic rings. The van der Waals surface area contributed by atoms with Crippen LogP contribution in [0.15, 0.2) is 65.9 Å². The van der Waals surface area contributed by atoms with Crippen LogP contribution >= 0.6 is 0 Å². The van der Waals surface area contributed by atoms with E-state index in [9.17, 15) is 4.79 Å². The molecule has 38 heavy (non-hydrogen) atoms. The smallest absolute Gasteiger partial charge is 0.240 e. The maximum atomic E-state index is 10.8. The highest BCUT2D eigenvalue weighted by molar-refractivity contribution is 5.82. The van der Waals surface area contributed by atoms with Crippen LogP contribution in [0.25, 0.3) is 22.3 Å². The normalized spacial score (nSPS) is 13.0. The van der Waals surface area contributed by atoms with E-state index in [1.807, 2.05) is 30.3 Å². The first-order chi connectivity index (χ1) is 18.6. The van der Waals surface area contributed by atoms with E-state index in [0.29, 0.717) is 11.8 Å². The lowest BCUT2D eigenvalue weighted by atomic mass is 9.98. The van der Waals surface area contributed by atoms with E-state index in [1.165, 1.54) is 28.7 Å². The van der Waals surface area contributed by atoms with E-state index in [2.05, 4.69) is 33.2 Å². The average molecular weight is 507 g/mol. The summed E-state index contributed by atoms with van der Waals surface area (Å²) in [6.45, 7) is 0. The minimum atomic E-state index is 0.545. The van der Waals surface area contributed by atoms with Crippen molar-refractivity contribution in [2.24, 2.45) is 4.99 Å². The molecule has 2 aromatic carbocycles. The number of nitrogens with two attached hydrogens (primary N) is 1. The molecule has 2 heterocycles. The van der Waals surface area contributed by atoms with Gasteiger partial charge in [-0.25, -0.2) is 14.8 Å². The van der Waals surface area contributed by atoms with Crippen LogP contribution in [-0.4, -0.2) is 30.3 Å². The number of hydrogen-bond acceptors (Lipinski definition) is 7. The van der Waals surface area contributed by atoms with Crippen molar-refractivity contribution in [3.8, 4) is 34.0 Å². The molecule has 0 saturated carbocycles. The van der Waals surface area contributed by atoms with E-state index in [-0.39, 0.29) is 0 Å². The molecule has 0 unspecified atom stereocenters. The number of nitrogen functional groups attached to an aromatic ring is 1. The molecule has 0 spiro atoms. The number of benzene rings is 2. The number of carbonyl (C=O) groups excluding carboxylic acids is 1. The summed E-state index contributed by atoms with van der Waals surface area (Å²) in [5.74, 6) is 1.16. The summed E-state index contributed by atoms with van der Waals surface area (Å²) in [7, 11) is 3.21. The van der Waals surface area contributed by atoms with Gasteiger partial charge >= 0.3 is 0 Å². The highest BCUT2D eigenvalue weighted by Crippen LogP contribution is 2.40. The summed E-state index contributed by atoms with van der Waals surface area (Å²) in [6, 6.07) is 16.1. The summed E-state index contributed by atoms with van der Waals surface area (Å²) in [4.78, 5) is 22.9. The Bertz CT molecular complexity index is 1530. The Morgan fingerprint density at radius 1 is 0.763 bits per heavy atom. The van der Waals surface area contributed by atoms with E-state index >= 15 is 0 Å². The number of aryl methyl sites for hydroxylation is 2. The Hall–Kier alpha value is -4.48. The molecule has 0 saturated heterocycles. The number of pyridine rings is 2. The van der Waals surface area contributed by atoms with Gasteiger partial charge in [-0.05, 0) is 84.0 Å². The lowest BCUT2D eigenvalue weighted by molar-refractivity contribution is 0.398. The number of rotatable bonds is 5. The van der Waals surface area contributed by atoms with Crippen molar-refractivity contribution in [3.05, 3.63) is 83.2 Å². The van der Waals surface area contributed by atoms with Crippen molar-refractivity contribution in [1.29, 1.82) is 0 Å². The fourth-order valence-corrected chi connectivity index (χ4v) is 5.38. The Labute approximate surface area is 222 Å². The minimum absolute atomic E-state index is 0.545. The fraction of sp³-hybridized carbons (Fsp3) is 0.258. The third-order valence-electron chi connectivity index (χ3n) is 7.25. The molecule has 0 atom stereocenters. The number of nitrogens with zero attached hydrogens (tertiary/aromatic N) is 3. The topological polar surface area (TPSA) is 99.7 Å². The summed E-state index contributed by atoms with van der Waals surface area (Å²) < 4.78 is 10.3. The average Bonchev–Trinajstić information content (AvgIpc) is 3.64. The van der Waals surface area contributed by atoms with Gasteiger partial charge in [-0.2, -0.15) is 4.99 Å². The Morgan fingerprint density at radius 2 is 1.32 bits per heavy atom. The number of ether oxygens (including phenoxy) is 2. The monoisotopic (exact) mass is 506 g/mol. The van der Waals surface area contributed by atoms with Crippen molar-refractivity contribution in [2.45, 2.75) is 38.5 Å². The zero-order valence-electron chi connectivity index (χ0n) is 21.7. The largest absolute Gasteiger partial charge is 0.481 e. The van der Waals surface area contributed by atoms with Crippen molar-refractivity contribution >= 4 is 17.5 Å². The van der Waals surface area contributed by atoms with Gasteiger partial charge in [0, 0.05) is 41.3 Å². The van der Waals surface area contributed by atoms with Gasteiger partial charge < -0.3 is 15.2 Å². The van der Waals surface area contributed by atoms with Crippen LogP contribution in [0.1, 0.15) is 35.1 Å². The standard InChI is InChI=1S/C16H14N2O2.C15H16N2O/c1-20-15-9-12(7-8-17-15)14-6-5-11-3-2-4-13(11)16(14)18-10-19;1-18-14-9-11(7-8-17-14)13-6-5-10-3-2-4-12(10)15(13)16/h5-9H,2-4H2,1H3;5-9H,2-4,16H2,1H3. The van der Waals surface area contributed by atoms with Gasteiger partial charge in [0.1, 0.15) is 0 Å². The first-order valence-electron chi connectivity index (χ1n) is 12.8. The molecule has 2 N–H and O–H groups in total. The van der Waals surface area contributed by atoms with Crippen LogP contribution in [0.4, 0.5) is 11.4 Å². The van der Waals surface area contributed by atoms with Crippen molar-refractivity contribution in [1.82, 2.24) is 9.97 Å². The second-order valence-electron chi connectivity index (χ2n) is 9.35. The predicted molar refractivity (Wildman–Crippen MR) is 149 cm³/mol. The molecule has 7 heteroatoms. The van der Waals surface area contributed by atoms with E-state index in [1.54, 1.807) is 32.7 Å². The maximum absolute atomic E-state index is 10.8. The molecule has 192 valence electrons. The van der Waals surface area contributed by atoms with Crippen molar-refractivity contribution < 1.29 is 14.3 Å². The van der Waals surface area contributed by atoms with E-state index < -0.39 is 0 Å². The summed E-state index contributed by atoms with van der Waals surface area (Å²) >= 11 is 0. The number of anilines is 1. The zero-order chi connectivity index (χ0) is 26.5. The second kappa shape index (κ2) is 11.3. The van der Waals surface area contributed by atoms with Crippen LogP contribution in [0, 0.1) is 0 Å². The molecule has 4 aromatic rings. The number of methoxy groups -OCH3 is 2. The molecular weight excluding hydrogens is 476 g/mol. The van der Waals surface area contributed by atoms with Crippen molar-refractivity contribution in [3.63, 3.8) is 0 Å². The molecule has 0 aliphatic heterocycles. The van der Waals surface area contributed by atoms with Gasteiger partial charge in [-0.15, -0.1) is 0 Å². The Kier molecular flexibility index (Phi) is 7.47.